The third kappa shape index (κ3) is 4.90. The highest BCUT2D eigenvalue weighted by Gasteiger charge is 2.27. The van der Waals surface area contributed by atoms with Crippen LogP contribution in [-0.2, 0) is 0 Å². The summed E-state index contributed by atoms with van der Waals surface area (Å²) in [6.45, 7) is 3.31. The Morgan fingerprint density at radius 2 is 1.97 bits per heavy atom. The van der Waals surface area contributed by atoms with E-state index in [1.165, 1.54) is 0 Å². The number of hydrogen-bond acceptors (Lipinski definition) is 5. The van der Waals surface area contributed by atoms with Crippen LogP contribution in [0.25, 0.3) is 16.8 Å². The van der Waals surface area contributed by atoms with Gasteiger partial charge < -0.3 is 15.5 Å². The normalized spacial score (nSPS) is 21.1. The Morgan fingerprint density at radius 3 is 2.76 bits per heavy atom. The molecule has 172 valence electrons. The fourth-order valence-electron chi connectivity index (χ4n) is 4.21. The van der Waals surface area contributed by atoms with Gasteiger partial charge in [-0.2, -0.15) is 5.10 Å². The first kappa shape index (κ1) is 21.6. The van der Waals surface area contributed by atoms with E-state index in [9.17, 15) is 9.18 Å². The molecule has 0 bridgehead atoms. The summed E-state index contributed by atoms with van der Waals surface area (Å²) >= 11 is 0. The molecule has 5 rings (SSSR count). The van der Waals surface area contributed by atoms with Gasteiger partial charge >= 0.3 is 0 Å². The number of amides is 1. The number of aromatic nitrogens is 3. The highest BCUT2D eigenvalue weighted by Crippen LogP contribution is 2.26. The predicted octanol–water partition coefficient (Wildman–Crippen LogP) is 3.59. The van der Waals surface area contributed by atoms with Crippen LogP contribution in [0, 0.1) is 6.92 Å². The monoisotopic (exact) mass is 448 g/mol. The fourth-order valence-corrected chi connectivity index (χ4v) is 4.21. The van der Waals surface area contributed by atoms with Crippen molar-refractivity contribution < 1.29 is 9.18 Å². The highest BCUT2D eigenvalue weighted by molar-refractivity contribution is 5.95. The van der Waals surface area contributed by atoms with Gasteiger partial charge in [0.05, 0.1) is 23.6 Å². The molecule has 2 N–H and O–H groups in total. The van der Waals surface area contributed by atoms with Crippen LogP contribution < -0.4 is 10.6 Å². The molecule has 1 aromatic carbocycles. The van der Waals surface area contributed by atoms with E-state index in [0.717, 1.165) is 53.9 Å². The summed E-state index contributed by atoms with van der Waals surface area (Å²) in [4.78, 5) is 18.8. The zero-order valence-corrected chi connectivity index (χ0v) is 19.0. The van der Waals surface area contributed by atoms with E-state index < -0.39 is 6.17 Å². The smallest absolute Gasteiger partial charge is 0.251 e. The number of nitrogens with zero attached hydrogens (tertiary/aromatic N) is 4. The Hall–Kier alpha value is -3.26. The van der Waals surface area contributed by atoms with Crippen LogP contribution in [0.1, 0.15) is 35.2 Å². The lowest BCUT2D eigenvalue weighted by Crippen LogP contribution is -2.46. The van der Waals surface area contributed by atoms with Crippen LogP contribution in [0.5, 0.6) is 0 Å². The molecule has 1 saturated carbocycles. The number of pyridine rings is 1. The molecule has 2 atom stereocenters. The van der Waals surface area contributed by atoms with Gasteiger partial charge in [0, 0.05) is 54.4 Å². The number of likely N-dealkylation sites (tertiary alicyclic amines) is 1. The third-order valence-electron chi connectivity index (χ3n) is 6.38. The second-order valence-corrected chi connectivity index (χ2v) is 9.20. The lowest BCUT2D eigenvalue weighted by Gasteiger charge is -2.33. The zero-order valence-electron chi connectivity index (χ0n) is 19.0. The van der Waals surface area contributed by atoms with E-state index in [2.05, 4.69) is 20.7 Å². The van der Waals surface area contributed by atoms with Crippen molar-refractivity contribution in [2.24, 2.45) is 0 Å². The summed E-state index contributed by atoms with van der Waals surface area (Å²) in [7, 11) is 1.94. The number of carbonyl (C=O) groups excluding carboxylic acids is 1. The van der Waals surface area contributed by atoms with Crippen LogP contribution in [0.15, 0.2) is 49.1 Å². The van der Waals surface area contributed by atoms with Crippen molar-refractivity contribution in [3.63, 3.8) is 0 Å². The minimum Gasteiger partial charge on any atom is -0.378 e. The van der Waals surface area contributed by atoms with Gasteiger partial charge in [0.2, 0.25) is 0 Å². The maximum atomic E-state index is 14.4. The lowest BCUT2D eigenvalue weighted by molar-refractivity contribution is 0.0951. The van der Waals surface area contributed by atoms with Crippen molar-refractivity contribution in [2.75, 3.05) is 25.5 Å². The Kier molecular flexibility index (Phi) is 5.85. The molecule has 2 aromatic heterocycles. The minimum atomic E-state index is -0.914. The minimum absolute atomic E-state index is 0.0471. The number of piperidine rings is 1. The van der Waals surface area contributed by atoms with Crippen molar-refractivity contribution in [3.05, 3.63) is 60.2 Å². The van der Waals surface area contributed by atoms with Gasteiger partial charge in [-0.15, -0.1) is 0 Å². The molecule has 2 aliphatic rings. The van der Waals surface area contributed by atoms with Crippen LogP contribution in [0.3, 0.4) is 0 Å². The number of anilines is 1. The van der Waals surface area contributed by atoms with Crippen LogP contribution in [0.4, 0.5) is 10.1 Å². The van der Waals surface area contributed by atoms with Gasteiger partial charge in [0.1, 0.15) is 6.17 Å². The largest absolute Gasteiger partial charge is 0.378 e. The highest BCUT2D eigenvalue weighted by atomic mass is 19.1. The SMILES string of the molecule is Cc1ccc(C(=O)NC2CC2)cc1-n1cc(-c2cncc(N[C@H]3CCN(C)C[C@H]3F)c2)cn1. The number of benzene rings is 1. The molecule has 33 heavy (non-hydrogen) atoms. The van der Waals surface area contributed by atoms with Crippen molar-refractivity contribution in [1.82, 2.24) is 25.0 Å². The molecule has 1 aliphatic heterocycles. The average Bonchev–Trinajstić information content (AvgIpc) is 3.48. The summed E-state index contributed by atoms with van der Waals surface area (Å²) in [6, 6.07) is 7.75. The Labute approximate surface area is 193 Å². The second-order valence-electron chi connectivity index (χ2n) is 9.20. The maximum Gasteiger partial charge on any atom is 0.251 e. The first-order chi connectivity index (χ1) is 16.0. The standard InChI is InChI=1S/C25H29FN6O/c1-16-3-4-17(25(33)30-20-5-6-20)10-24(16)32-14-19(12-28-32)18-9-21(13-27-11-18)29-23-7-8-31(2)15-22(23)26/h3-4,9-14,20,22-23,29H,5-8,15H2,1-2H3,(H,30,33)/t22-,23+/m1/s1. The van der Waals surface area contributed by atoms with E-state index in [1.807, 2.05) is 49.3 Å². The summed E-state index contributed by atoms with van der Waals surface area (Å²) < 4.78 is 16.2. The number of aryl methyl sites for hydroxylation is 1. The van der Waals surface area contributed by atoms with E-state index in [1.54, 1.807) is 23.3 Å². The Morgan fingerprint density at radius 1 is 1.12 bits per heavy atom. The van der Waals surface area contributed by atoms with E-state index in [0.29, 0.717) is 18.2 Å². The quantitative estimate of drug-likeness (QED) is 0.603. The first-order valence-electron chi connectivity index (χ1n) is 11.5. The molecular formula is C25H29FN6O. The number of nitrogens with one attached hydrogen (secondary N) is 2. The second kappa shape index (κ2) is 8.94. The summed E-state index contributed by atoms with van der Waals surface area (Å²) in [5.74, 6) is -0.0471. The molecule has 1 amide bonds. The number of carbonyl (C=O) groups is 1. The van der Waals surface area contributed by atoms with Gasteiger partial charge in [0.25, 0.3) is 5.91 Å². The van der Waals surface area contributed by atoms with Crippen molar-refractivity contribution in [3.8, 4) is 16.8 Å². The number of alkyl halides is 1. The summed E-state index contributed by atoms with van der Waals surface area (Å²) in [5, 5.41) is 10.9. The number of rotatable bonds is 6. The fraction of sp³-hybridized carbons (Fsp3) is 0.400. The first-order valence-corrected chi connectivity index (χ1v) is 11.5. The molecular weight excluding hydrogens is 419 g/mol. The van der Waals surface area contributed by atoms with Gasteiger partial charge in [0.15, 0.2) is 0 Å². The molecule has 3 aromatic rings. The summed E-state index contributed by atoms with van der Waals surface area (Å²) in [5.41, 5.74) is 5.11. The molecule has 3 heterocycles. The summed E-state index contributed by atoms with van der Waals surface area (Å²) in [6.07, 6.45) is 9.17. The molecule has 0 spiro atoms. The Balaban J connectivity index is 1.35. The van der Waals surface area contributed by atoms with Gasteiger partial charge in [-0.3, -0.25) is 9.78 Å². The van der Waals surface area contributed by atoms with Crippen LogP contribution in [0.2, 0.25) is 0 Å². The van der Waals surface area contributed by atoms with Crippen LogP contribution in [-0.4, -0.2) is 64.0 Å². The molecule has 2 fully saturated rings. The van der Waals surface area contributed by atoms with Crippen molar-refractivity contribution in [1.29, 1.82) is 0 Å². The predicted molar refractivity (Wildman–Crippen MR) is 126 cm³/mol. The van der Waals surface area contributed by atoms with Crippen LogP contribution >= 0.6 is 0 Å². The third-order valence-corrected chi connectivity index (χ3v) is 6.38. The average molecular weight is 449 g/mol. The van der Waals surface area contributed by atoms with Gasteiger partial charge in [-0.25, -0.2) is 9.07 Å². The number of halogens is 1. The molecule has 1 aliphatic carbocycles. The van der Waals surface area contributed by atoms with Gasteiger partial charge in [-0.05, 0) is 57.0 Å². The number of hydrogen-bond donors (Lipinski definition) is 2. The van der Waals surface area contributed by atoms with E-state index in [4.69, 9.17) is 0 Å². The molecule has 8 heteroatoms. The van der Waals surface area contributed by atoms with E-state index >= 15 is 0 Å². The molecule has 7 nitrogen and oxygen atoms in total. The molecule has 0 radical (unpaired) electrons. The topological polar surface area (TPSA) is 75.1 Å². The maximum absolute atomic E-state index is 14.4. The van der Waals surface area contributed by atoms with Crippen molar-refractivity contribution >= 4 is 11.6 Å². The molecule has 0 unspecified atom stereocenters. The zero-order chi connectivity index (χ0) is 22.9. The van der Waals surface area contributed by atoms with Gasteiger partial charge in [-0.1, -0.05) is 6.07 Å². The molecule has 1 saturated heterocycles. The Bertz CT molecular complexity index is 1160. The van der Waals surface area contributed by atoms with Crippen molar-refractivity contribution in [2.45, 2.75) is 44.4 Å². The van der Waals surface area contributed by atoms with E-state index in [-0.39, 0.29) is 11.9 Å². The lowest BCUT2D eigenvalue weighted by atomic mass is 10.0.